The van der Waals surface area contributed by atoms with Crippen LogP contribution in [0.15, 0.2) is 0 Å². The van der Waals surface area contributed by atoms with E-state index >= 15 is 0 Å². The molecular weight excluding hydrogens is 276 g/mol. The van der Waals surface area contributed by atoms with E-state index in [1.165, 1.54) is 19.3 Å². The fraction of sp³-hybridized carbons (Fsp3) is 0.824. The van der Waals surface area contributed by atoms with Gasteiger partial charge in [0, 0.05) is 37.9 Å². The van der Waals surface area contributed by atoms with Gasteiger partial charge in [-0.15, -0.1) is 10.2 Å². The molecule has 1 saturated heterocycles. The van der Waals surface area contributed by atoms with Gasteiger partial charge in [0.05, 0.1) is 0 Å². The second kappa shape index (κ2) is 5.67. The molecule has 0 N–H and O–H groups in total. The molecule has 1 aromatic rings. The molecule has 0 aromatic carbocycles. The number of nitrogens with zero attached hydrogens (tertiary/aromatic N) is 4. The molecular formula is C17H26N4O. The van der Waals surface area contributed by atoms with E-state index in [0.717, 1.165) is 57.0 Å². The van der Waals surface area contributed by atoms with Gasteiger partial charge in [0.15, 0.2) is 0 Å². The van der Waals surface area contributed by atoms with Gasteiger partial charge in [0.2, 0.25) is 5.91 Å². The maximum atomic E-state index is 12.5. The Morgan fingerprint density at radius 2 is 2.00 bits per heavy atom. The molecule has 0 radical (unpaired) electrons. The first-order chi connectivity index (χ1) is 10.7. The van der Waals surface area contributed by atoms with Crippen molar-refractivity contribution >= 4 is 5.91 Å². The van der Waals surface area contributed by atoms with Crippen molar-refractivity contribution in [3.8, 4) is 0 Å². The van der Waals surface area contributed by atoms with Crippen molar-refractivity contribution in [1.29, 1.82) is 0 Å². The van der Waals surface area contributed by atoms with Crippen LogP contribution in [0, 0.1) is 11.8 Å². The maximum absolute atomic E-state index is 12.5. The summed E-state index contributed by atoms with van der Waals surface area (Å²) in [7, 11) is 0. The third kappa shape index (κ3) is 2.55. The van der Waals surface area contributed by atoms with Crippen LogP contribution >= 0.6 is 0 Å². The summed E-state index contributed by atoms with van der Waals surface area (Å²) in [6, 6.07) is 0. The minimum atomic E-state index is 0.300. The van der Waals surface area contributed by atoms with Crippen molar-refractivity contribution in [3.63, 3.8) is 0 Å². The molecule has 3 atom stereocenters. The standard InChI is InChI=1S/C17H26N4O/c1-12-10-14(12)17(22)20-8-5-6-13(11-20)16-19-18-15-7-3-2-4-9-21(15)16/h12-14H,2-11H2,1H3/t12-,13-,14+/m0/s1. The summed E-state index contributed by atoms with van der Waals surface area (Å²) in [6.07, 6.45) is 8.13. The first-order valence-corrected chi connectivity index (χ1v) is 8.95. The van der Waals surface area contributed by atoms with Gasteiger partial charge in [-0.1, -0.05) is 13.3 Å². The van der Waals surface area contributed by atoms with Crippen LogP contribution in [0.1, 0.15) is 63.0 Å². The van der Waals surface area contributed by atoms with Gasteiger partial charge in [-0.2, -0.15) is 0 Å². The van der Waals surface area contributed by atoms with Gasteiger partial charge in [0.1, 0.15) is 11.6 Å². The summed E-state index contributed by atoms with van der Waals surface area (Å²) in [4.78, 5) is 14.6. The Kier molecular flexibility index (Phi) is 3.66. The largest absolute Gasteiger partial charge is 0.342 e. The van der Waals surface area contributed by atoms with Crippen LogP contribution < -0.4 is 0 Å². The minimum absolute atomic E-state index is 0.300. The van der Waals surface area contributed by atoms with Crippen molar-refractivity contribution in [2.45, 2.75) is 64.3 Å². The molecule has 5 heteroatoms. The molecule has 0 spiro atoms. The van der Waals surface area contributed by atoms with Crippen molar-refractivity contribution in [3.05, 3.63) is 11.6 Å². The molecule has 1 aromatic heterocycles. The van der Waals surface area contributed by atoms with Crippen LogP contribution in [0.5, 0.6) is 0 Å². The normalized spacial score (nSPS) is 31.5. The quantitative estimate of drug-likeness (QED) is 0.843. The SMILES string of the molecule is C[C@H]1C[C@H]1C(=O)N1CCC[C@H](c2nnc3n2CCCCC3)C1. The summed E-state index contributed by atoms with van der Waals surface area (Å²) in [5.41, 5.74) is 0. The van der Waals surface area contributed by atoms with E-state index in [2.05, 4.69) is 26.6 Å². The van der Waals surface area contributed by atoms with E-state index in [1.54, 1.807) is 0 Å². The maximum Gasteiger partial charge on any atom is 0.225 e. The average molecular weight is 302 g/mol. The highest BCUT2D eigenvalue weighted by molar-refractivity contribution is 5.81. The van der Waals surface area contributed by atoms with Crippen LogP contribution in [-0.2, 0) is 17.8 Å². The van der Waals surface area contributed by atoms with E-state index in [1.807, 2.05) is 0 Å². The summed E-state index contributed by atoms with van der Waals surface area (Å²) in [5.74, 6) is 3.95. The van der Waals surface area contributed by atoms with Gasteiger partial charge < -0.3 is 9.47 Å². The van der Waals surface area contributed by atoms with Crippen LogP contribution in [0.4, 0.5) is 0 Å². The lowest BCUT2D eigenvalue weighted by Gasteiger charge is -2.32. The zero-order valence-corrected chi connectivity index (χ0v) is 13.5. The monoisotopic (exact) mass is 302 g/mol. The van der Waals surface area contributed by atoms with Gasteiger partial charge in [0.25, 0.3) is 0 Å². The molecule has 0 unspecified atom stereocenters. The minimum Gasteiger partial charge on any atom is -0.342 e. The summed E-state index contributed by atoms with van der Waals surface area (Å²) >= 11 is 0. The Labute approximate surface area is 132 Å². The second-order valence-corrected chi connectivity index (χ2v) is 7.38. The van der Waals surface area contributed by atoms with E-state index in [9.17, 15) is 4.79 Å². The topological polar surface area (TPSA) is 51.0 Å². The third-order valence-corrected chi connectivity index (χ3v) is 5.66. The van der Waals surface area contributed by atoms with Crippen LogP contribution in [-0.4, -0.2) is 38.7 Å². The van der Waals surface area contributed by atoms with E-state index in [4.69, 9.17) is 0 Å². The number of fused-ring (bicyclic) bond motifs is 1. The molecule has 22 heavy (non-hydrogen) atoms. The predicted octanol–water partition coefficient (Wildman–Crippen LogP) is 2.37. The molecule has 1 saturated carbocycles. The first-order valence-electron chi connectivity index (χ1n) is 8.95. The molecule has 0 bridgehead atoms. The van der Waals surface area contributed by atoms with Gasteiger partial charge in [-0.05, 0) is 38.0 Å². The van der Waals surface area contributed by atoms with Crippen LogP contribution in [0.2, 0.25) is 0 Å². The molecule has 3 heterocycles. The third-order valence-electron chi connectivity index (χ3n) is 5.66. The summed E-state index contributed by atoms with van der Waals surface area (Å²) < 4.78 is 2.35. The number of carbonyl (C=O) groups is 1. The van der Waals surface area contributed by atoms with Crippen LogP contribution in [0.25, 0.3) is 0 Å². The van der Waals surface area contributed by atoms with Crippen molar-refractivity contribution in [2.75, 3.05) is 13.1 Å². The molecule has 120 valence electrons. The fourth-order valence-electron chi connectivity index (χ4n) is 4.10. The number of rotatable bonds is 2. The molecule has 4 rings (SSSR count). The highest BCUT2D eigenvalue weighted by Crippen LogP contribution is 2.40. The number of aromatic nitrogens is 3. The van der Waals surface area contributed by atoms with E-state index in [0.29, 0.717) is 23.7 Å². The summed E-state index contributed by atoms with van der Waals surface area (Å²) in [6.45, 7) is 5.02. The Hall–Kier alpha value is -1.39. The zero-order chi connectivity index (χ0) is 15.1. The van der Waals surface area contributed by atoms with Gasteiger partial charge in [-0.25, -0.2) is 0 Å². The molecule has 2 aliphatic heterocycles. The van der Waals surface area contributed by atoms with Gasteiger partial charge >= 0.3 is 0 Å². The second-order valence-electron chi connectivity index (χ2n) is 7.38. The number of carbonyl (C=O) groups excluding carboxylic acids is 1. The molecule has 5 nitrogen and oxygen atoms in total. The lowest BCUT2D eigenvalue weighted by atomic mass is 9.96. The number of likely N-dealkylation sites (tertiary alicyclic amines) is 1. The number of piperidine rings is 1. The fourth-order valence-corrected chi connectivity index (χ4v) is 4.10. The smallest absolute Gasteiger partial charge is 0.225 e. The van der Waals surface area contributed by atoms with Gasteiger partial charge in [-0.3, -0.25) is 4.79 Å². The first kappa shape index (κ1) is 14.2. The Bertz CT molecular complexity index is 567. The number of hydrogen-bond donors (Lipinski definition) is 0. The van der Waals surface area contributed by atoms with Crippen LogP contribution in [0.3, 0.4) is 0 Å². The molecule has 3 aliphatic rings. The number of hydrogen-bond acceptors (Lipinski definition) is 3. The Balaban J connectivity index is 1.50. The molecule has 1 aliphatic carbocycles. The summed E-state index contributed by atoms with van der Waals surface area (Å²) in [5, 5.41) is 8.94. The Morgan fingerprint density at radius 1 is 1.14 bits per heavy atom. The van der Waals surface area contributed by atoms with E-state index < -0.39 is 0 Å². The zero-order valence-electron chi connectivity index (χ0n) is 13.5. The predicted molar refractivity (Wildman–Crippen MR) is 83.4 cm³/mol. The highest BCUT2D eigenvalue weighted by Gasteiger charge is 2.42. The van der Waals surface area contributed by atoms with E-state index in [-0.39, 0.29) is 0 Å². The molecule has 2 fully saturated rings. The number of aryl methyl sites for hydroxylation is 1. The average Bonchev–Trinajstić information content (AvgIpc) is 3.21. The lowest BCUT2D eigenvalue weighted by Crippen LogP contribution is -2.40. The number of amides is 1. The molecule has 1 amide bonds. The lowest BCUT2D eigenvalue weighted by molar-refractivity contribution is -0.134. The van der Waals surface area contributed by atoms with Crippen molar-refractivity contribution in [1.82, 2.24) is 19.7 Å². The van der Waals surface area contributed by atoms with Crippen molar-refractivity contribution in [2.24, 2.45) is 11.8 Å². The highest BCUT2D eigenvalue weighted by atomic mass is 16.2. The Morgan fingerprint density at radius 3 is 2.82 bits per heavy atom. The van der Waals surface area contributed by atoms with Crippen molar-refractivity contribution < 1.29 is 4.79 Å².